The maximum atomic E-state index is 13.2. The van der Waals surface area contributed by atoms with E-state index in [0.29, 0.717) is 12.3 Å². The van der Waals surface area contributed by atoms with Gasteiger partial charge in [0.15, 0.2) is 5.41 Å². The molecule has 0 spiro atoms. The maximum Gasteiger partial charge on any atom is 0.426 e. The highest BCUT2D eigenvalue weighted by atomic mass is 19.4. The van der Waals surface area contributed by atoms with Crippen molar-refractivity contribution in [1.29, 1.82) is 0 Å². The molecule has 0 aromatic rings. The van der Waals surface area contributed by atoms with Crippen LogP contribution in [0.25, 0.3) is 0 Å². The molecule has 6 unspecified atom stereocenters. The first kappa shape index (κ1) is 34.8. The van der Waals surface area contributed by atoms with Crippen LogP contribution in [-0.2, 0) is 9.53 Å². The van der Waals surface area contributed by atoms with Gasteiger partial charge in [0.25, 0.3) is 5.60 Å². The number of carbonyl (C=O) groups excluding carboxylic acids is 1. The third kappa shape index (κ3) is 7.93. The summed E-state index contributed by atoms with van der Waals surface area (Å²) in [5.41, 5.74) is -7.24. The van der Waals surface area contributed by atoms with Crippen molar-refractivity contribution >= 4 is 5.97 Å². The third-order valence-electron chi connectivity index (χ3n) is 8.09. The van der Waals surface area contributed by atoms with Gasteiger partial charge in [-0.15, -0.1) is 0 Å². The van der Waals surface area contributed by atoms with Gasteiger partial charge in [-0.3, -0.25) is 4.79 Å². The van der Waals surface area contributed by atoms with Crippen molar-refractivity contribution in [3.05, 3.63) is 0 Å². The Balaban J connectivity index is 0.000000686. The van der Waals surface area contributed by atoms with Crippen LogP contribution in [0.4, 0.5) is 39.5 Å². The van der Waals surface area contributed by atoms with E-state index < -0.39 is 66.3 Å². The van der Waals surface area contributed by atoms with E-state index in [-0.39, 0.29) is 25.2 Å². The normalized spacial score (nSPS) is 26.9. The molecule has 226 valence electrons. The van der Waals surface area contributed by atoms with Gasteiger partial charge in [0.1, 0.15) is 6.10 Å². The number of hydrogen-bond acceptors (Lipinski definition) is 3. The van der Waals surface area contributed by atoms with E-state index in [1.54, 1.807) is 0 Å². The Labute approximate surface area is 218 Å². The number of halogens is 9. The number of aliphatic hydroxyl groups is 1. The predicted octanol–water partition coefficient (Wildman–Crippen LogP) is 8.64. The summed E-state index contributed by atoms with van der Waals surface area (Å²) >= 11 is 0. The quantitative estimate of drug-likeness (QED) is 0.245. The summed E-state index contributed by atoms with van der Waals surface area (Å²) in [6.45, 7) is 13.2. The Kier molecular flexibility index (Phi) is 10.7. The monoisotopic (exact) mass is 572 g/mol. The number of ether oxygens (including phenoxy) is 1. The topological polar surface area (TPSA) is 46.5 Å². The lowest BCUT2D eigenvalue weighted by Crippen LogP contribution is -2.58. The Morgan fingerprint density at radius 1 is 0.868 bits per heavy atom. The molecule has 2 aliphatic carbocycles. The van der Waals surface area contributed by atoms with E-state index in [0.717, 1.165) is 12.8 Å². The summed E-state index contributed by atoms with van der Waals surface area (Å²) < 4.78 is 122. The van der Waals surface area contributed by atoms with E-state index in [2.05, 4.69) is 34.6 Å². The first-order chi connectivity index (χ1) is 16.8. The summed E-state index contributed by atoms with van der Waals surface area (Å²) in [5.74, 6) is -3.36. The number of carbonyl (C=O) groups is 1. The van der Waals surface area contributed by atoms with E-state index >= 15 is 0 Å². The van der Waals surface area contributed by atoms with Crippen LogP contribution in [0.5, 0.6) is 0 Å². The minimum absolute atomic E-state index is 0.0580. The predicted molar refractivity (Wildman–Crippen MR) is 124 cm³/mol. The average molecular weight is 573 g/mol. The fourth-order valence-corrected chi connectivity index (χ4v) is 5.49. The molecule has 0 saturated heterocycles. The van der Waals surface area contributed by atoms with Crippen LogP contribution in [0.3, 0.4) is 0 Å². The van der Waals surface area contributed by atoms with Crippen LogP contribution in [0.15, 0.2) is 0 Å². The molecule has 3 nitrogen and oxygen atoms in total. The summed E-state index contributed by atoms with van der Waals surface area (Å²) in [5, 5.41) is 9.41. The second kappa shape index (κ2) is 11.7. The van der Waals surface area contributed by atoms with Gasteiger partial charge in [0.05, 0.1) is 0 Å². The van der Waals surface area contributed by atoms with Gasteiger partial charge in [-0.2, -0.15) is 39.5 Å². The molecule has 2 fully saturated rings. The number of alkyl halides is 9. The van der Waals surface area contributed by atoms with Crippen LogP contribution in [0.2, 0.25) is 0 Å². The molecule has 2 bridgehead atoms. The number of hydrogen-bond donors (Lipinski definition) is 1. The molecule has 38 heavy (non-hydrogen) atoms. The molecule has 0 amide bonds. The second-order valence-electron chi connectivity index (χ2n) is 12.5. The number of rotatable bonds is 7. The lowest BCUT2D eigenvalue weighted by Gasteiger charge is -2.38. The fraction of sp³-hybridized carbons (Fsp3) is 0.962. The average Bonchev–Trinajstić information content (AvgIpc) is 3.29. The van der Waals surface area contributed by atoms with E-state index in [4.69, 9.17) is 4.74 Å². The van der Waals surface area contributed by atoms with Crippen LogP contribution < -0.4 is 0 Å². The number of fused-ring (bicyclic) bond motifs is 2. The van der Waals surface area contributed by atoms with Crippen molar-refractivity contribution < 1.29 is 54.2 Å². The van der Waals surface area contributed by atoms with Gasteiger partial charge >= 0.3 is 24.5 Å². The Bertz CT molecular complexity index is 769. The summed E-state index contributed by atoms with van der Waals surface area (Å²) in [7, 11) is 0. The Hall–Kier alpha value is -1.20. The van der Waals surface area contributed by atoms with E-state index in [9.17, 15) is 49.4 Å². The van der Waals surface area contributed by atoms with E-state index in [1.807, 2.05) is 0 Å². The van der Waals surface area contributed by atoms with Crippen molar-refractivity contribution in [3.8, 4) is 0 Å². The van der Waals surface area contributed by atoms with Crippen molar-refractivity contribution in [2.75, 3.05) is 0 Å². The van der Waals surface area contributed by atoms with Gasteiger partial charge in [-0.1, -0.05) is 48.0 Å². The summed E-state index contributed by atoms with van der Waals surface area (Å²) in [6.07, 6.45) is -17.6. The zero-order chi connectivity index (χ0) is 30.1. The molecule has 0 heterocycles. The zero-order valence-corrected chi connectivity index (χ0v) is 23.0. The highest BCUT2D eigenvalue weighted by Crippen LogP contribution is 2.56. The van der Waals surface area contributed by atoms with Crippen molar-refractivity contribution in [1.82, 2.24) is 0 Å². The van der Waals surface area contributed by atoms with Crippen molar-refractivity contribution in [2.24, 2.45) is 34.5 Å². The summed E-state index contributed by atoms with van der Waals surface area (Å²) in [4.78, 5) is 12.1. The Morgan fingerprint density at radius 3 is 1.68 bits per heavy atom. The Morgan fingerprint density at radius 2 is 1.37 bits per heavy atom. The molecular formula is C26H41F9O3. The molecular weight excluding hydrogens is 531 g/mol. The molecule has 1 N–H and O–H groups in total. The van der Waals surface area contributed by atoms with Crippen LogP contribution in [0, 0.1) is 34.5 Å². The molecule has 12 heteroatoms. The van der Waals surface area contributed by atoms with Gasteiger partial charge in [-0.25, -0.2) is 0 Å². The standard InChI is InChI=1S/C17H21F9O3.C9H20/c1-3-13(2,15(18,19)20)12(27)29-11-6-8-4-9(10(11)5-8)7-14(28,16(21,22)23)17(24,25)26;1-6-8(2)7-9(3,4)5/h8-11,28H,3-7H2,1-2H3;8H,6-7H2,1-5H3. The minimum atomic E-state index is -5.98. The minimum Gasteiger partial charge on any atom is -0.461 e. The third-order valence-corrected chi connectivity index (χ3v) is 8.09. The highest BCUT2D eigenvalue weighted by molar-refractivity contribution is 5.77. The molecule has 2 saturated carbocycles. The van der Waals surface area contributed by atoms with Gasteiger partial charge in [0.2, 0.25) is 0 Å². The van der Waals surface area contributed by atoms with Crippen molar-refractivity contribution in [3.63, 3.8) is 0 Å². The van der Waals surface area contributed by atoms with Crippen LogP contribution in [0.1, 0.15) is 93.4 Å². The van der Waals surface area contributed by atoms with Crippen molar-refractivity contribution in [2.45, 2.75) is 124 Å². The lowest BCUT2D eigenvalue weighted by atomic mass is 9.78. The van der Waals surface area contributed by atoms with Gasteiger partial charge < -0.3 is 9.84 Å². The fourth-order valence-electron chi connectivity index (χ4n) is 5.49. The highest BCUT2D eigenvalue weighted by Gasteiger charge is 2.71. The molecule has 0 radical (unpaired) electrons. The summed E-state index contributed by atoms with van der Waals surface area (Å²) in [6, 6.07) is 0. The second-order valence-corrected chi connectivity index (χ2v) is 12.5. The van der Waals surface area contributed by atoms with E-state index in [1.165, 1.54) is 12.8 Å². The SMILES string of the molecule is CCC(C)(C(=O)OC1CC2CC(CC(O)(C(F)(F)F)C(F)(F)F)C1C2)C(F)(F)F.CCC(C)CC(C)(C)C. The smallest absolute Gasteiger partial charge is 0.426 e. The molecule has 0 aliphatic heterocycles. The van der Waals surface area contributed by atoms with Crippen LogP contribution in [-0.4, -0.2) is 41.3 Å². The molecule has 2 aliphatic rings. The first-order valence-electron chi connectivity index (χ1n) is 13.0. The first-order valence-corrected chi connectivity index (χ1v) is 13.0. The van der Waals surface area contributed by atoms with Gasteiger partial charge in [0, 0.05) is 0 Å². The number of esters is 1. The lowest BCUT2D eigenvalue weighted by molar-refractivity contribution is -0.373. The maximum absolute atomic E-state index is 13.2. The molecule has 0 aromatic carbocycles. The largest absolute Gasteiger partial charge is 0.461 e. The molecule has 2 rings (SSSR count). The van der Waals surface area contributed by atoms with Gasteiger partial charge in [-0.05, 0) is 74.5 Å². The molecule has 0 aromatic heterocycles. The van der Waals surface area contributed by atoms with Crippen LogP contribution >= 0.6 is 0 Å². The zero-order valence-electron chi connectivity index (χ0n) is 23.0. The molecule has 6 atom stereocenters.